The molecule has 3 aromatic rings. The van der Waals surface area contributed by atoms with E-state index in [0.717, 1.165) is 16.6 Å². The third kappa shape index (κ3) is 3.40. The lowest BCUT2D eigenvalue weighted by molar-refractivity contribution is 0.262. The zero-order valence-electron chi connectivity index (χ0n) is 13.0. The van der Waals surface area contributed by atoms with Crippen LogP contribution in [-0.4, -0.2) is 18.1 Å². The standard InChI is InChI=1S/C18H17N3O2/c1-12-5-3-7-14(9-12)20-18(22)21-16-11-15(23-2)10-13-6-4-8-19-17(13)16/h3-11H,1-2H3,(H2,20,21,22). The van der Waals surface area contributed by atoms with Gasteiger partial charge in [-0.25, -0.2) is 4.79 Å². The molecule has 0 fully saturated rings. The largest absolute Gasteiger partial charge is 0.497 e. The third-order valence-electron chi connectivity index (χ3n) is 3.44. The summed E-state index contributed by atoms with van der Waals surface area (Å²) in [7, 11) is 1.59. The third-order valence-corrected chi connectivity index (χ3v) is 3.44. The molecule has 0 aliphatic rings. The number of benzene rings is 2. The van der Waals surface area contributed by atoms with Crippen molar-refractivity contribution in [2.24, 2.45) is 0 Å². The van der Waals surface area contributed by atoms with Gasteiger partial charge in [-0.05, 0) is 36.8 Å². The number of aryl methyl sites for hydroxylation is 1. The van der Waals surface area contributed by atoms with Crippen LogP contribution in [0.1, 0.15) is 5.56 Å². The van der Waals surface area contributed by atoms with Crippen LogP contribution in [0.25, 0.3) is 10.9 Å². The van der Waals surface area contributed by atoms with Gasteiger partial charge in [-0.1, -0.05) is 18.2 Å². The van der Waals surface area contributed by atoms with Gasteiger partial charge in [0.15, 0.2) is 0 Å². The van der Waals surface area contributed by atoms with Gasteiger partial charge in [0.1, 0.15) is 5.75 Å². The van der Waals surface area contributed by atoms with Crippen LogP contribution in [0.4, 0.5) is 16.2 Å². The number of carbonyl (C=O) groups is 1. The van der Waals surface area contributed by atoms with Crippen molar-refractivity contribution >= 4 is 28.3 Å². The lowest BCUT2D eigenvalue weighted by Gasteiger charge is -2.11. The van der Waals surface area contributed by atoms with E-state index in [1.807, 2.05) is 49.4 Å². The fourth-order valence-electron chi connectivity index (χ4n) is 2.39. The zero-order valence-corrected chi connectivity index (χ0v) is 13.0. The number of anilines is 2. The minimum Gasteiger partial charge on any atom is -0.497 e. The molecule has 2 aromatic carbocycles. The monoisotopic (exact) mass is 307 g/mol. The van der Waals surface area contributed by atoms with E-state index >= 15 is 0 Å². The average Bonchev–Trinajstić information content (AvgIpc) is 2.54. The molecule has 2 N–H and O–H groups in total. The average molecular weight is 307 g/mol. The molecule has 0 aliphatic heterocycles. The van der Waals surface area contributed by atoms with Crippen LogP contribution < -0.4 is 15.4 Å². The Morgan fingerprint density at radius 2 is 1.96 bits per heavy atom. The van der Waals surface area contributed by atoms with E-state index in [0.29, 0.717) is 17.0 Å². The highest BCUT2D eigenvalue weighted by atomic mass is 16.5. The summed E-state index contributed by atoms with van der Waals surface area (Å²) in [5, 5.41) is 6.55. The molecular formula is C18H17N3O2. The number of nitrogens with zero attached hydrogens (tertiary/aromatic N) is 1. The molecular weight excluding hydrogens is 290 g/mol. The van der Waals surface area contributed by atoms with Crippen LogP contribution in [0.3, 0.4) is 0 Å². The second kappa shape index (κ2) is 6.36. The number of pyridine rings is 1. The van der Waals surface area contributed by atoms with E-state index in [1.165, 1.54) is 0 Å². The van der Waals surface area contributed by atoms with Crippen molar-refractivity contribution in [1.29, 1.82) is 0 Å². The van der Waals surface area contributed by atoms with Crippen molar-refractivity contribution in [3.05, 3.63) is 60.3 Å². The van der Waals surface area contributed by atoms with Crippen LogP contribution in [-0.2, 0) is 0 Å². The summed E-state index contributed by atoms with van der Waals surface area (Å²) in [4.78, 5) is 16.6. The second-order valence-corrected chi connectivity index (χ2v) is 5.20. The van der Waals surface area contributed by atoms with Crippen molar-refractivity contribution in [1.82, 2.24) is 4.98 Å². The predicted octanol–water partition coefficient (Wildman–Crippen LogP) is 4.20. The molecule has 1 aromatic heterocycles. The minimum atomic E-state index is -0.323. The van der Waals surface area contributed by atoms with Gasteiger partial charge in [0.2, 0.25) is 0 Å². The number of methoxy groups -OCH3 is 1. The van der Waals surface area contributed by atoms with E-state index in [-0.39, 0.29) is 6.03 Å². The molecule has 0 saturated heterocycles. The normalized spacial score (nSPS) is 10.3. The Bertz CT molecular complexity index is 862. The van der Waals surface area contributed by atoms with E-state index in [4.69, 9.17) is 4.74 Å². The SMILES string of the molecule is COc1cc(NC(=O)Nc2cccc(C)c2)c2ncccc2c1. The Labute approximate surface area is 134 Å². The number of carbonyl (C=O) groups excluding carboxylic acids is 1. The number of fused-ring (bicyclic) bond motifs is 1. The Morgan fingerprint density at radius 1 is 1.09 bits per heavy atom. The van der Waals surface area contributed by atoms with Gasteiger partial charge in [0, 0.05) is 23.3 Å². The molecule has 0 aliphatic carbocycles. The Hall–Kier alpha value is -3.08. The maximum Gasteiger partial charge on any atom is 0.323 e. The molecule has 1 heterocycles. The summed E-state index contributed by atoms with van der Waals surface area (Å²) >= 11 is 0. The molecule has 0 spiro atoms. The van der Waals surface area contributed by atoms with Gasteiger partial charge in [0.05, 0.1) is 18.3 Å². The van der Waals surface area contributed by atoms with Gasteiger partial charge in [-0.15, -0.1) is 0 Å². The summed E-state index contributed by atoms with van der Waals surface area (Å²) in [6.07, 6.45) is 1.69. The number of amides is 2. The van der Waals surface area contributed by atoms with E-state index in [9.17, 15) is 4.79 Å². The van der Waals surface area contributed by atoms with Gasteiger partial charge in [-0.2, -0.15) is 0 Å². The topological polar surface area (TPSA) is 63.2 Å². The number of urea groups is 1. The van der Waals surface area contributed by atoms with Crippen LogP contribution in [0, 0.1) is 6.92 Å². The van der Waals surface area contributed by atoms with Crippen molar-refractivity contribution < 1.29 is 9.53 Å². The summed E-state index contributed by atoms with van der Waals surface area (Å²) in [5.74, 6) is 0.663. The van der Waals surface area contributed by atoms with E-state index in [2.05, 4.69) is 15.6 Å². The molecule has 23 heavy (non-hydrogen) atoms. The first-order valence-corrected chi connectivity index (χ1v) is 7.23. The number of ether oxygens (including phenoxy) is 1. The number of hydrogen-bond acceptors (Lipinski definition) is 3. The van der Waals surface area contributed by atoms with Gasteiger partial charge in [0.25, 0.3) is 0 Å². The molecule has 2 amide bonds. The maximum absolute atomic E-state index is 12.2. The fraction of sp³-hybridized carbons (Fsp3) is 0.111. The van der Waals surface area contributed by atoms with E-state index in [1.54, 1.807) is 19.4 Å². The number of hydrogen-bond donors (Lipinski definition) is 2. The Kier molecular flexibility index (Phi) is 4.10. The lowest BCUT2D eigenvalue weighted by Crippen LogP contribution is -2.19. The minimum absolute atomic E-state index is 0.323. The summed E-state index contributed by atoms with van der Waals surface area (Å²) < 4.78 is 5.28. The van der Waals surface area contributed by atoms with Crippen molar-refractivity contribution in [3.63, 3.8) is 0 Å². The van der Waals surface area contributed by atoms with E-state index < -0.39 is 0 Å². The van der Waals surface area contributed by atoms with Crippen molar-refractivity contribution in [2.75, 3.05) is 17.7 Å². The summed E-state index contributed by atoms with van der Waals surface area (Å²) in [6.45, 7) is 1.97. The molecule has 0 radical (unpaired) electrons. The van der Waals surface area contributed by atoms with Gasteiger partial charge in [-0.3, -0.25) is 4.98 Å². The summed E-state index contributed by atoms with van der Waals surface area (Å²) in [6, 6.07) is 14.7. The predicted molar refractivity (Wildman–Crippen MR) is 92.1 cm³/mol. The Morgan fingerprint density at radius 3 is 2.74 bits per heavy atom. The van der Waals surface area contributed by atoms with Crippen molar-refractivity contribution in [2.45, 2.75) is 6.92 Å². The lowest BCUT2D eigenvalue weighted by atomic mass is 10.2. The van der Waals surface area contributed by atoms with Crippen molar-refractivity contribution in [3.8, 4) is 5.75 Å². The quantitative estimate of drug-likeness (QED) is 0.762. The van der Waals surface area contributed by atoms with Crippen LogP contribution in [0.5, 0.6) is 5.75 Å². The smallest absolute Gasteiger partial charge is 0.323 e. The molecule has 5 heteroatoms. The first-order valence-electron chi connectivity index (χ1n) is 7.23. The summed E-state index contributed by atoms with van der Waals surface area (Å²) in [5.41, 5.74) is 3.14. The molecule has 0 atom stereocenters. The Balaban J connectivity index is 1.87. The molecule has 5 nitrogen and oxygen atoms in total. The molecule has 3 rings (SSSR count). The molecule has 0 unspecified atom stereocenters. The number of rotatable bonds is 3. The highest BCUT2D eigenvalue weighted by molar-refractivity contribution is 6.05. The van der Waals surface area contributed by atoms with Crippen LogP contribution >= 0.6 is 0 Å². The maximum atomic E-state index is 12.2. The number of aromatic nitrogens is 1. The van der Waals surface area contributed by atoms with Gasteiger partial charge < -0.3 is 15.4 Å². The molecule has 116 valence electrons. The highest BCUT2D eigenvalue weighted by Crippen LogP contribution is 2.27. The van der Waals surface area contributed by atoms with Gasteiger partial charge >= 0.3 is 6.03 Å². The highest BCUT2D eigenvalue weighted by Gasteiger charge is 2.09. The number of nitrogens with one attached hydrogen (secondary N) is 2. The first-order chi connectivity index (χ1) is 11.2. The molecule has 0 saturated carbocycles. The second-order valence-electron chi connectivity index (χ2n) is 5.20. The van der Waals surface area contributed by atoms with Crippen LogP contribution in [0.15, 0.2) is 54.7 Å². The zero-order chi connectivity index (χ0) is 16.2. The fourth-order valence-corrected chi connectivity index (χ4v) is 2.39. The van der Waals surface area contributed by atoms with Crippen LogP contribution in [0.2, 0.25) is 0 Å². The molecule has 0 bridgehead atoms. The first kappa shape index (κ1) is 14.8.